The Bertz CT molecular complexity index is 1570. The van der Waals surface area contributed by atoms with Crippen LogP contribution < -0.4 is 20.1 Å². The maximum Gasteiger partial charge on any atom is 0.338 e. The summed E-state index contributed by atoms with van der Waals surface area (Å²) in [5.74, 6) is 0.579. The second-order valence-corrected chi connectivity index (χ2v) is 10.4. The van der Waals surface area contributed by atoms with Gasteiger partial charge in [-0.3, -0.25) is 9.59 Å². The van der Waals surface area contributed by atoms with Crippen molar-refractivity contribution in [3.63, 3.8) is 0 Å². The zero-order valence-corrected chi connectivity index (χ0v) is 23.6. The van der Waals surface area contributed by atoms with Crippen LogP contribution >= 0.6 is 0 Å². The lowest BCUT2D eigenvalue weighted by molar-refractivity contribution is -0.132. The Morgan fingerprint density at radius 2 is 1.67 bits per heavy atom. The smallest absolute Gasteiger partial charge is 0.338 e. The molecule has 0 atom stereocenters. The van der Waals surface area contributed by atoms with E-state index in [9.17, 15) is 14.4 Å². The number of ether oxygens (including phenoxy) is 3. The number of hydrogen-bond donors (Lipinski definition) is 2. The number of carbonyl (C=O) groups is 3. The Labute approximate surface area is 243 Å². The minimum atomic E-state index is -0.452. The van der Waals surface area contributed by atoms with E-state index in [-0.39, 0.29) is 25.2 Å². The lowest BCUT2D eigenvalue weighted by atomic mass is 9.98. The van der Waals surface area contributed by atoms with Gasteiger partial charge in [0.2, 0.25) is 12.7 Å². The number of amides is 2. The van der Waals surface area contributed by atoms with Crippen LogP contribution in [0.5, 0.6) is 11.5 Å². The van der Waals surface area contributed by atoms with Crippen LogP contribution in [0.4, 0.5) is 11.4 Å². The van der Waals surface area contributed by atoms with Crippen molar-refractivity contribution in [2.45, 2.75) is 13.3 Å². The molecule has 10 heteroatoms. The fraction of sp³-hybridized carbons (Fsp3) is 0.281. The standard InChI is InChI=1S/C32H32N4O6/c1-3-40-32(39)22-6-10-24-25(17-22)34-31(38)29(24)30(21-7-11-26-27(18-21)42-19-41-26)33-23-8-4-20(5-9-23)16-28(37)36-14-12-35(2)13-15-36/h4-11,17-18,33H,3,12-16,19H2,1-2H3,(H,34,38). The molecule has 3 heterocycles. The van der Waals surface area contributed by atoms with Gasteiger partial charge in [0.25, 0.3) is 5.91 Å². The molecular formula is C32H32N4O6. The summed E-state index contributed by atoms with van der Waals surface area (Å²) in [5, 5.41) is 6.33. The number of anilines is 2. The van der Waals surface area contributed by atoms with Crippen molar-refractivity contribution in [1.82, 2.24) is 9.80 Å². The third-order valence-electron chi connectivity index (χ3n) is 7.62. The molecule has 0 bridgehead atoms. The van der Waals surface area contributed by atoms with Crippen LogP contribution in [0.3, 0.4) is 0 Å². The zero-order chi connectivity index (χ0) is 29.2. The van der Waals surface area contributed by atoms with Gasteiger partial charge in [0.05, 0.1) is 35.5 Å². The summed E-state index contributed by atoms with van der Waals surface area (Å²) < 4.78 is 16.2. The number of piperazine rings is 1. The van der Waals surface area contributed by atoms with Gasteiger partial charge >= 0.3 is 5.97 Å². The highest BCUT2D eigenvalue weighted by Gasteiger charge is 2.30. The number of nitrogens with zero attached hydrogens (tertiary/aromatic N) is 2. The summed E-state index contributed by atoms with van der Waals surface area (Å²) in [6.07, 6.45) is 0.332. The summed E-state index contributed by atoms with van der Waals surface area (Å²) in [6, 6.07) is 18.2. The third-order valence-corrected chi connectivity index (χ3v) is 7.62. The number of nitrogens with one attached hydrogen (secondary N) is 2. The van der Waals surface area contributed by atoms with Crippen LogP contribution in [0.2, 0.25) is 0 Å². The number of fused-ring (bicyclic) bond motifs is 2. The van der Waals surface area contributed by atoms with Crippen molar-refractivity contribution < 1.29 is 28.6 Å². The average molecular weight is 569 g/mol. The molecule has 3 aromatic rings. The topological polar surface area (TPSA) is 109 Å². The van der Waals surface area contributed by atoms with Gasteiger partial charge in [0, 0.05) is 43.0 Å². The molecule has 2 amide bonds. The third kappa shape index (κ3) is 5.53. The molecule has 0 saturated carbocycles. The maximum absolute atomic E-state index is 13.4. The first-order valence-corrected chi connectivity index (χ1v) is 14.0. The molecule has 0 radical (unpaired) electrons. The van der Waals surface area contributed by atoms with Crippen LogP contribution in [0, 0.1) is 0 Å². The van der Waals surface area contributed by atoms with E-state index in [1.54, 1.807) is 25.1 Å². The van der Waals surface area contributed by atoms with Crippen molar-refractivity contribution in [2.24, 2.45) is 0 Å². The Kier molecular flexibility index (Phi) is 7.54. The van der Waals surface area contributed by atoms with E-state index in [1.807, 2.05) is 47.4 Å². The van der Waals surface area contributed by atoms with E-state index in [0.717, 1.165) is 43.0 Å². The summed E-state index contributed by atoms with van der Waals surface area (Å²) in [4.78, 5) is 42.7. The van der Waals surface area contributed by atoms with Crippen molar-refractivity contribution in [1.29, 1.82) is 0 Å². The van der Waals surface area contributed by atoms with Gasteiger partial charge in [-0.05, 0) is 62.0 Å². The predicted octanol–water partition coefficient (Wildman–Crippen LogP) is 3.84. The normalized spacial score (nSPS) is 17.0. The highest BCUT2D eigenvalue weighted by atomic mass is 16.7. The molecule has 0 spiro atoms. The first-order valence-electron chi connectivity index (χ1n) is 14.0. The first kappa shape index (κ1) is 27.3. The fourth-order valence-corrected chi connectivity index (χ4v) is 5.29. The Hall–Kier alpha value is -4.83. The number of esters is 1. The first-order chi connectivity index (χ1) is 20.4. The van der Waals surface area contributed by atoms with Crippen LogP contribution in [0.1, 0.15) is 34.0 Å². The van der Waals surface area contributed by atoms with E-state index < -0.39 is 5.97 Å². The lowest BCUT2D eigenvalue weighted by Crippen LogP contribution is -2.47. The van der Waals surface area contributed by atoms with Crippen molar-refractivity contribution >= 4 is 40.4 Å². The molecule has 0 aromatic heterocycles. The van der Waals surface area contributed by atoms with Crippen molar-refractivity contribution in [3.8, 4) is 11.5 Å². The Morgan fingerprint density at radius 1 is 0.929 bits per heavy atom. The predicted molar refractivity (Wildman–Crippen MR) is 158 cm³/mol. The summed E-state index contributed by atoms with van der Waals surface area (Å²) in [6.45, 7) is 5.38. The largest absolute Gasteiger partial charge is 0.462 e. The van der Waals surface area contributed by atoms with Gasteiger partial charge in [0.15, 0.2) is 11.5 Å². The number of likely N-dealkylation sites (N-methyl/N-ethyl adjacent to an activating group) is 1. The minimum Gasteiger partial charge on any atom is -0.462 e. The van der Waals surface area contributed by atoms with Gasteiger partial charge in [-0.15, -0.1) is 0 Å². The lowest BCUT2D eigenvalue weighted by Gasteiger charge is -2.32. The number of rotatable bonds is 7. The number of hydrogen-bond acceptors (Lipinski definition) is 8. The molecule has 3 aliphatic rings. The second kappa shape index (κ2) is 11.6. The quantitative estimate of drug-likeness (QED) is 0.327. The zero-order valence-electron chi connectivity index (χ0n) is 23.6. The molecule has 42 heavy (non-hydrogen) atoms. The molecule has 10 nitrogen and oxygen atoms in total. The number of carbonyl (C=O) groups excluding carboxylic acids is 3. The minimum absolute atomic E-state index is 0.119. The summed E-state index contributed by atoms with van der Waals surface area (Å²) in [7, 11) is 2.06. The van der Waals surface area contributed by atoms with Gasteiger partial charge < -0.3 is 34.6 Å². The van der Waals surface area contributed by atoms with E-state index in [1.165, 1.54) is 0 Å². The summed E-state index contributed by atoms with van der Waals surface area (Å²) in [5.41, 5.74) is 4.91. The molecule has 3 aromatic carbocycles. The van der Waals surface area contributed by atoms with Crippen LogP contribution in [-0.2, 0) is 20.7 Å². The maximum atomic E-state index is 13.4. The molecule has 1 saturated heterocycles. The van der Waals surface area contributed by atoms with Crippen LogP contribution in [0.15, 0.2) is 60.7 Å². The van der Waals surface area contributed by atoms with Crippen LogP contribution in [-0.4, -0.2) is 74.2 Å². The van der Waals surface area contributed by atoms with E-state index >= 15 is 0 Å². The van der Waals surface area contributed by atoms with Crippen molar-refractivity contribution in [3.05, 3.63) is 82.9 Å². The van der Waals surface area contributed by atoms with E-state index in [0.29, 0.717) is 46.0 Å². The van der Waals surface area contributed by atoms with E-state index in [4.69, 9.17) is 14.2 Å². The molecule has 0 aliphatic carbocycles. The average Bonchev–Trinajstić information content (AvgIpc) is 3.60. The van der Waals surface area contributed by atoms with Gasteiger partial charge in [-0.25, -0.2) is 4.79 Å². The molecule has 216 valence electrons. The van der Waals surface area contributed by atoms with Gasteiger partial charge in [0.1, 0.15) is 0 Å². The fourth-order valence-electron chi connectivity index (χ4n) is 5.29. The molecule has 0 unspecified atom stereocenters. The van der Waals surface area contributed by atoms with Crippen LogP contribution in [0.25, 0.3) is 11.3 Å². The molecule has 2 N–H and O–H groups in total. The monoisotopic (exact) mass is 568 g/mol. The van der Waals surface area contributed by atoms with Crippen molar-refractivity contribution in [2.75, 3.05) is 57.3 Å². The van der Waals surface area contributed by atoms with E-state index in [2.05, 4.69) is 22.6 Å². The SMILES string of the molecule is CCOC(=O)c1ccc2c(c1)NC(=O)C2=C(Nc1ccc(CC(=O)N2CCN(C)CC2)cc1)c1ccc2c(c1)OCO2. The highest BCUT2D eigenvalue weighted by Crippen LogP contribution is 2.41. The molecular weight excluding hydrogens is 536 g/mol. The van der Waals surface area contributed by atoms with Gasteiger partial charge in [-0.1, -0.05) is 18.2 Å². The second-order valence-electron chi connectivity index (χ2n) is 10.4. The summed E-state index contributed by atoms with van der Waals surface area (Å²) >= 11 is 0. The molecule has 3 aliphatic heterocycles. The molecule has 1 fully saturated rings. The highest BCUT2D eigenvalue weighted by molar-refractivity contribution is 6.37. The Morgan fingerprint density at radius 3 is 2.43 bits per heavy atom. The Balaban J connectivity index is 1.31. The number of benzene rings is 3. The van der Waals surface area contributed by atoms with Gasteiger partial charge in [-0.2, -0.15) is 0 Å². The molecule has 6 rings (SSSR count).